The van der Waals surface area contributed by atoms with Crippen molar-refractivity contribution in [3.63, 3.8) is 0 Å². The lowest BCUT2D eigenvalue weighted by atomic mass is 10.6. The molecule has 0 fully saturated rings. The van der Waals surface area contributed by atoms with Gasteiger partial charge < -0.3 is 0 Å². The molecular weight excluding hydrogens is 1720 g/mol. The molecule has 0 heterocycles. The second-order valence-electron chi connectivity index (χ2n) is 17.7. The molecule has 0 aromatic heterocycles. The zero-order chi connectivity index (χ0) is 102. The SMILES string of the molecule is C=C=C=C=C=C=C=C=C=C=C=C=C=C=C=C=C=C=C=C=C=C=C=C=C=C=C=C=C=C=C=C=C=C=C=C=C=C=C=C=C=C=C=C=C=C=C=C=C=C=C=C=C=C=C=C=C=C=C=C=C=C=C=C=C=C=C=C=C=C=C=C=C=C=C=C=C=C=C=C=C=C=C=C=C=C=C=C=C=C=C=C=C=C=C=C=C=C=C=C=C=C=C=C=C=C=C=C=C=C=C=C=C=C=C=C=C=C=C=C=C=C=C=C=C=C=C=C=C=C=C=C=C=C=C=C=C=C=C=C=C=C=C. The average molecular weight is 1720 g/mol. The molecule has 0 N–H and O–H groups in total. The fourth-order valence-corrected chi connectivity index (χ4v) is 4.37. The molecule has 0 aliphatic heterocycles. The molecule has 0 heteroatoms. The zero-order valence-electron chi connectivity index (χ0n) is 71.9. The molecule has 0 aliphatic rings. The Bertz CT molecular complexity index is 10600. The molecule has 0 aliphatic carbocycles. The lowest BCUT2D eigenvalue weighted by Crippen LogP contribution is -1.26. The molecule has 0 saturated carbocycles. The molecule has 0 amide bonds. The molecule has 0 aromatic rings. The van der Waals surface area contributed by atoms with Crippen LogP contribution in [0.5, 0.6) is 0 Å². The van der Waals surface area contributed by atoms with E-state index in [-0.39, 0.29) is 0 Å². The van der Waals surface area contributed by atoms with E-state index in [0.717, 1.165) is 0 Å². The highest BCUT2D eigenvalue weighted by molar-refractivity contribution is 5.06. The maximum Gasteiger partial charge on any atom is 0 e. The van der Waals surface area contributed by atoms with E-state index in [0.29, 0.717) is 0 Å². The topological polar surface area (TPSA) is 0 Å². The fourth-order valence-electron chi connectivity index (χ4n) is 4.37. The van der Waals surface area contributed by atoms with Crippen LogP contribution in [-0.4, -0.2) is 0 Å². The summed E-state index contributed by atoms with van der Waals surface area (Å²) in [4.78, 5) is 0. The van der Waals surface area contributed by atoms with Crippen LogP contribution < -0.4 is 0 Å². The molecule has 0 aromatic carbocycles. The maximum atomic E-state index is 3.32. The molecule has 0 bridgehead atoms. The Balaban J connectivity index is 6.21. The van der Waals surface area contributed by atoms with Crippen molar-refractivity contribution in [2.24, 2.45) is 0 Å². The third kappa shape index (κ3) is 111. The molecule has 143 heavy (non-hydrogen) atoms. The van der Waals surface area contributed by atoms with Gasteiger partial charge in [-0.05, 0) is 105 Å². The van der Waals surface area contributed by atoms with Gasteiger partial charge in [-0.1, -0.05) is 11.5 Å². The molecule has 576 valence electrons. The normalized spacial score (nSPS) is 3.97. The molecule has 0 atom stereocenters. The average Bonchev–Trinajstić information content (AvgIpc) is 1.11. The summed E-state index contributed by atoms with van der Waals surface area (Å²) < 4.78 is 0. The highest BCUT2D eigenvalue weighted by Crippen LogP contribution is 1.71. The van der Waals surface area contributed by atoms with Gasteiger partial charge in [0, 0.05) is 705 Å². The first kappa shape index (κ1) is 112. The van der Waals surface area contributed by atoms with Crippen molar-refractivity contribution in [1.82, 2.24) is 0 Å². The summed E-state index contributed by atoms with van der Waals surface area (Å²) in [6, 6.07) is 0. The van der Waals surface area contributed by atoms with E-state index in [2.05, 4.69) is 821 Å². The Morgan fingerprint density at radius 1 is 0.0350 bits per heavy atom. The van der Waals surface area contributed by atoms with Gasteiger partial charge in [-0.25, -0.2) is 0 Å². The van der Waals surface area contributed by atoms with E-state index in [1.807, 2.05) is 0 Å². The van der Waals surface area contributed by atoms with Crippen molar-refractivity contribution in [2.75, 3.05) is 0 Å². The molecule has 0 spiro atoms. The molecule has 0 saturated heterocycles. The quantitative estimate of drug-likeness (QED) is 0.212. The number of hydrogen-bond acceptors (Lipinski definition) is 0. The fraction of sp³-hybridized carbons (Fsp3) is 0. The van der Waals surface area contributed by atoms with Gasteiger partial charge in [0.15, 0.2) is 0 Å². The molecule has 0 radical (unpaired) electrons. The van der Waals surface area contributed by atoms with Gasteiger partial charge in [-0.2, -0.15) is 0 Å². The second kappa shape index (κ2) is 111. The summed E-state index contributed by atoms with van der Waals surface area (Å²) in [5.41, 5.74) is 352. The van der Waals surface area contributed by atoms with E-state index in [4.69, 9.17) is 0 Å². The predicted octanol–water partition coefficient (Wildman–Crippen LogP) is 22.7. The lowest BCUT2D eigenvalue weighted by Gasteiger charge is -1.41. The van der Waals surface area contributed by atoms with Crippen LogP contribution in [0.15, 0.2) is 821 Å². The molecule has 0 nitrogen and oxygen atoms in total. The first-order chi connectivity index (χ1) is 71.4. The Morgan fingerprint density at radius 2 is 0.0559 bits per heavy atom. The summed E-state index contributed by atoms with van der Waals surface area (Å²) in [6.45, 7) is 6.64. The number of hydrogen-bond donors (Lipinski definition) is 0. The van der Waals surface area contributed by atoms with Gasteiger partial charge in [0.1, 0.15) is 0 Å². The van der Waals surface area contributed by atoms with Crippen LogP contribution in [0.2, 0.25) is 0 Å². The number of rotatable bonds is 0. The van der Waals surface area contributed by atoms with Crippen LogP contribution in [0.25, 0.3) is 0 Å². The summed E-state index contributed by atoms with van der Waals surface area (Å²) in [7, 11) is 0. The minimum absolute atomic E-state index is 2.37. The first-order valence-electron chi connectivity index (χ1n) is 35.7. The smallest absolute Gasteiger partial charge is 0 e. The van der Waals surface area contributed by atoms with Crippen LogP contribution in [0, 0.1) is 0 Å². The van der Waals surface area contributed by atoms with Crippen molar-refractivity contribution in [2.45, 2.75) is 0 Å². The van der Waals surface area contributed by atoms with Crippen LogP contribution in [-0.2, 0) is 0 Å². The minimum atomic E-state index is 2.37. The van der Waals surface area contributed by atoms with Crippen molar-refractivity contribution >= 4 is 0 Å². The highest BCUT2D eigenvalue weighted by Gasteiger charge is 1.55. The molecule has 0 rings (SSSR count). The monoisotopic (exact) mass is 1720 g/mol. The van der Waals surface area contributed by atoms with Crippen LogP contribution in [0.3, 0.4) is 0 Å². The van der Waals surface area contributed by atoms with Gasteiger partial charge in [0.2, 0.25) is 0 Å². The van der Waals surface area contributed by atoms with Crippen LogP contribution in [0.1, 0.15) is 0 Å². The summed E-state index contributed by atoms with van der Waals surface area (Å²) in [5, 5.41) is 0. The molecule has 0 unspecified atom stereocenters. The van der Waals surface area contributed by atoms with Gasteiger partial charge in [0.05, 0.1) is 0 Å². The van der Waals surface area contributed by atoms with E-state index >= 15 is 0 Å². The van der Waals surface area contributed by atoms with Crippen molar-refractivity contribution in [3.8, 4) is 0 Å². The van der Waals surface area contributed by atoms with Crippen molar-refractivity contribution in [3.05, 3.63) is 821 Å². The van der Waals surface area contributed by atoms with Gasteiger partial charge in [-0.15, -0.1) is 0 Å². The third-order valence-electron chi connectivity index (χ3n) is 8.80. The van der Waals surface area contributed by atoms with Gasteiger partial charge >= 0.3 is 0 Å². The van der Waals surface area contributed by atoms with E-state index in [1.54, 1.807) is 0 Å². The van der Waals surface area contributed by atoms with Crippen molar-refractivity contribution in [1.29, 1.82) is 0 Å². The van der Waals surface area contributed by atoms with Crippen molar-refractivity contribution < 1.29 is 0 Å². The Morgan fingerprint density at radius 3 is 0.0769 bits per heavy atom. The minimum Gasteiger partial charge on any atom is -0.0687 e. The Labute approximate surface area is 815 Å². The summed E-state index contributed by atoms with van der Waals surface area (Å²) in [5.74, 6) is 0. The lowest BCUT2D eigenvalue weighted by molar-refractivity contribution is 2.10. The zero-order valence-corrected chi connectivity index (χ0v) is 71.9. The Kier molecular flexibility index (Phi) is 86.5. The van der Waals surface area contributed by atoms with E-state index in [9.17, 15) is 0 Å². The second-order valence-corrected chi connectivity index (χ2v) is 17.7. The third-order valence-corrected chi connectivity index (χ3v) is 8.80. The van der Waals surface area contributed by atoms with Crippen LogP contribution >= 0.6 is 0 Å². The standard InChI is InChI=1S/C143H4/c1-3-5-7-9-11-13-15-17-19-21-23-25-27-29-31-33-35-37-39-41-43-45-47-49-51-53-55-57-59-61-63-65-67-69-71-73-75-77-79-81-83-85-87-89-91-93-95-97-99-101-103-105-107-109-111-113-115-117-119-121-123-125-127-129-131-133-135-137-139-141-143-142-140-138-136-134-132-130-128-126-124-122-120-118-116-114-112-110-108-106-104-102-100-98-96-94-92-90-88-86-84-82-80-78-76-74-72-70-68-66-64-62-60-58-56-54-52-50-48-46-44-42-40-38-36-34-32-30-28-26-24-22-20-18-16-14-12-10-8-6-4-2/h1-2H2. The predicted molar refractivity (Wildman–Crippen MR) is 507 cm³/mol. The maximum absolute atomic E-state index is 3.32. The van der Waals surface area contributed by atoms with Crippen LogP contribution in [0.4, 0.5) is 0 Å². The largest absolute Gasteiger partial charge is 0.0687 e. The summed E-state index contributed by atoms with van der Waals surface area (Å²) >= 11 is 0. The van der Waals surface area contributed by atoms with E-state index in [1.165, 1.54) is 0 Å². The first-order valence-corrected chi connectivity index (χ1v) is 35.7. The van der Waals surface area contributed by atoms with E-state index < -0.39 is 0 Å². The van der Waals surface area contributed by atoms with Gasteiger partial charge in [0.25, 0.3) is 0 Å². The molecular formula is C143H4. The summed E-state index contributed by atoms with van der Waals surface area (Å²) in [6.07, 6.45) is 0. The Hall–Kier alpha value is -31.3. The highest BCUT2D eigenvalue weighted by atomic mass is 13.6. The van der Waals surface area contributed by atoms with Gasteiger partial charge in [-0.3, -0.25) is 0 Å².